The maximum absolute atomic E-state index is 11.5. The zero-order chi connectivity index (χ0) is 14.1. The molecule has 0 aliphatic heterocycles. The molecule has 0 aromatic carbocycles. The van der Waals surface area contributed by atoms with Crippen LogP contribution in [0.1, 0.15) is 5.56 Å². The third-order valence-corrected chi connectivity index (χ3v) is 3.05. The highest BCUT2D eigenvalue weighted by atomic mass is 32.1. The summed E-state index contributed by atoms with van der Waals surface area (Å²) in [5, 5.41) is 10.2. The average Bonchev–Trinajstić information content (AvgIpc) is 2.90. The molecule has 0 aliphatic rings. The van der Waals surface area contributed by atoms with Crippen LogP contribution in [0.3, 0.4) is 0 Å². The molecule has 0 unspecified atom stereocenters. The van der Waals surface area contributed by atoms with Crippen molar-refractivity contribution in [2.45, 2.75) is 6.54 Å². The lowest BCUT2D eigenvalue weighted by Crippen LogP contribution is -2.43. The molecule has 0 saturated heterocycles. The van der Waals surface area contributed by atoms with E-state index in [0.29, 0.717) is 19.0 Å². The first-order valence-electron chi connectivity index (χ1n) is 5.97. The first kappa shape index (κ1) is 15.2. The Balaban J connectivity index is 2.52. The summed E-state index contributed by atoms with van der Waals surface area (Å²) in [7, 11) is 3.45. The second-order valence-corrected chi connectivity index (χ2v) is 4.89. The summed E-state index contributed by atoms with van der Waals surface area (Å²) in [5.74, 6) is 0.616. The SMILES string of the molecule is C=CCNC(=NCc1ccsc1)NCC(=O)N(C)C. The second-order valence-electron chi connectivity index (χ2n) is 4.11. The van der Waals surface area contributed by atoms with Crippen molar-refractivity contribution in [2.75, 3.05) is 27.2 Å². The van der Waals surface area contributed by atoms with Crippen LogP contribution in [0, 0.1) is 0 Å². The zero-order valence-corrected chi connectivity index (χ0v) is 12.2. The molecule has 1 aromatic heterocycles. The Bertz CT molecular complexity index is 426. The van der Waals surface area contributed by atoms with Crippen LogP contribution in [-0.4, -0.2) is 44.0 Å². The smallest absolute Gasteiger partial charge is 0.241 e. The van der Waals surface area contributed by atoms with E-state index in [1.54, 1.807) is 31.5 Å². The molecule has 2 N–H and O–H groups in total. The Kier molecular flexibility index (Phi) is 6.67. The van der Waals surface area contributed by atoms with Gasteiger partial charge in [0.05, 0.1) is 13.1 Å². The molecule has 1 aromatic rings. The number of carbonyl (C=O) groups excluding carboxylic acids is 1. The standard InChI is InChI=1S/C13H20N4OS/c1-4-6-14-13(16-9-12(18)17(2)3)15-8-11-5-7-19-10-11/h4-5,7,10H,1,6,8-9H2,2-3H3,(H2,14,15,16). The molecule has 1 amide bonds. The van der Waals surface area contributed by atoms with E-state index in [0.717, 1.165) is 5.56 Å². The molecular weight excluding hydrogens is 260 g/mol. The molecule has 1 heterocycles. The lowest BCUT2D eigenvalue weighted by Gasteiger charge is -2.14. The van der Waals surface area contributed by atoms with E-state index in [1.807, 2.05) is 11.4 Å². The van der Waals surface area contributed by atoms with Crippen molar-refractivity contribution >= 4 is 23.2 Å². The molecule has 0 radical (unpaired) electrons. The minimum Gasteiger partial charge on any atom is -0.353 e. The molecule has 0 atom stereocenters. The summed E-state index contributed by atoms with van der Waals surface area (Å²) in [6, 6.07) is 2.03. The van der Waals surface area contributed by atoms with E-state index >= 15 is 0 Å². The average molecular weight is 280 g/mol. The largest absolute Gasteiger partial charge is 0.353 e. The zero-order valence-electron chi connectivity index (χ0n) is 11.3. The second kappa shape index (κ2) is 8.31. The van der Waals surface area contributed by atoms with Gasteiger partial charge in [-0.3, -0.25) is 4.79 Å². The summed E-state index contributed by atoms with van der Waals surface area (Å²) >= 11 is 1.64. The lowest BCUT2D eigenvalue weighted by molar-refractivity contribution is -0.127. The van der Waals surface area contributed by atoms with Crippen LogP contribution in [0.5, 0.6) is 0 Å². The van der Waals surface area contributed by atoms with Crippen LogP contribution in [0.4, 0.5) is 0 Å². The van der Waals surface area contributed by atoms with Crippen LogP contribution >= 0.6 is 11.3 Å². The highest BCUT2D eigenvalue weighted by molar-refractivity contribution is 7.07. The summed E-state index contributed by atoms with van der Waals surface area (Å²) < 4.78 is 0. The molecule has 5 nitrogen and oxygen atoms in total. The number of nitrogens with one attached hydrogen (secondary N) is 2. The summed E-state index contributed by atoms with van der Waals surface area (Å²) in [6.07, 6.45) is 1.75. The van der Waals surface area contributed by atoms with Gasteiger partial charge in [-0.15, -0.1) is 6.58 Å². The minimum atomic E-state index is 0.00337. The van der Waals surface area contributed by atoms with Gasteiger partial charge in [-0.2, -0.15) is 11.3 Å². The number of thiophene rings is 1. The lowest BCUT2D eigenvalue weighted by atomic mass is 10.3. The Labute approximate surface area is 118 Å². The van der Waals surface area contributed by atoms with Crippen molar-refractivity contribution in [1.82, 2.24) is 15.5 Å². The number of carbonyl (C=O) groups is 1. The maximum atomic E-state index is 11.5. The fraction of sp³-hybridized carbons (Fsp3) is 0.385. The molecule has 0 bridgehead atoms. The Hall–Kier alpha value is -1.82. The van der Waals surface area contributed by atoms with Gasteiger partial charge in [-0.1, -0.05) is 6.08 Å². The first-order valence-corrected chi connectivity index (χ1v) is 6.92. The number of hydrogen-bond donors (Lipinski definition) is 2. The summed E-state index contributed by atoms with van der Waals surface area (Å²) in [6.45, 7) is 5.06. The van der Waals surface area contributed by atoms with Gasteiger partial charge in [0, 0.05) is 20.6 Å². The van der Waals surface area contributed by atoms with E-state index < -0.39 is 0 Å². The summed E-state index contributed by atoms with van der Waals surface area (Å²) in [5.41, 5.74) is 1.16. The predicted molar refractivity (Wildman–Crippen MR) is 80.4 cm³/mol. The Morgan fingerprint density at radius 2 is 2.32 bits per heavy atom. The van der Waals surface area contributed by atoms with Gasteiger partial charge in [0.2, 0.25) is 5.91 Å². The van der Waals surface area contributed by atoms with Gasteiger partial charge in [0.15, 0.2) is 5.96 Å². The van der Waals surface area contributed by atoms with Crippen molar-refractivity contribution in [2.24, 2.45) is 4.99 Å². The number of likely N-dealkylation sites (N-methyl/N-ethyl adjacent to an activating group) is 1. The quantitative estimate of drug-likeness (QED) is 0.465. The van der Waals surface area contributed by atoms with E-state index in [2.05, 4.69) is 27.6 Å². The summed E-state index contributed by atoms with van der Waals surface area (Å²) in [4.78, 5) is 17.5. The van der Waals surface area contributed by atoms with Crippen molar-refractivity contribution in [1.29, 1.82) is 0 Å². The van der Waals surface area contributed by atoms with Crippen LogP contribution in [0.25, 0.3) is 0 Å². The Morgan fingerprint density at radius 3 is 2.89 bits per heavy atom. The molecule has 1 rings (SSSR count). The molecule has 104 valence electrons. The van der Waals surface area contributed by atoms with E-state index in [-0.39, 0.29) is 12.5 Å². The van der Waals surface area contributed by atoms with Gasteiger partial charge < -0.3 is 15.5 Å². The van der Waals surface area contributed by atoms with Gasteiger partial charge in [0.1, 0.15) is 0 Å². The molecule has 0 spiro atoms. The number of amides is 1. The highest BCUT2D eigenvalue weighted by Crippen LogP contribution is 2.06. The third-order valence-electron chi connectivity index (χ3n) is 2.32. The molecule has 19 heavy (non-hydrogen) atoms. The topological polar surface area (TPSA) is 56.7 Å². The fourth-order valence-electron chi connectivity index (χ4n) is 1.21. The number of nitrogens with zero attached hydrogens (tertiary/aromatic N) is 2. The number of hydrogen-bond acceptors (Lipinski definition) is 3. The number of guanidine groups is 1. The normalized spacial score (nSPS) is 10.9. The first-order chi connectivity index (χ1) is 9.13. The van der Waals surface area contributed by atoms with Gasteiger partial charge in [-0.25, -0.2) is 4.99 Å². The van der Waals surface area contributed by atoms with E-state index in [1.165, 1.54) is 4.90 Å². The maximum Gasteiger partial charge on any atom is 0.241 e. The monoisotopic (exact) mass is 280 g/mol. The Morgan fingerprint density at radius 1 is 1.53 bits per heavy atom. The predicted octanol–water partition coefficient (Wildman–Crippen LogP) is 1.06. The fourth-order valence-corrected chi connectivity index (χ4v) is 1.87. The van der Waals surface area contributed by atoms with Gasteiger partial charge in [0.25, 0.3) is 0 Å². The molecular formula is C13H20N4OS. The van der Waals surface area contributed by atoms with Crippen molar-refractivity contribution < 1.29 is 4.79 Å². The van der Waals surface area contributed by atoms with Gasteiger partial charge >= 0.3 is 0 Å². The van der Waals surface area contributed by atoms with Crippen LogP contribution in [0.2, 0.25) is 0 Å². The van der Waals surface area contributed by atoms with Crippen LogP contribution < -0.4 is 10.6 Å². The molecule has 0 saturated carbocycles. The van der Waals surface area contributed by atoms with Crippen LogP contribution in [0.15, 0.2) is 34.5 Å². The van der Waals surface area contributed by atoms with Crippen LogP contribution in [-0.2, 0) is 11.3 Å². The van der Waals surface area contributed by atoms with E-state index in [9.17, 15) is 4.79 Å². The third kappa shape index (κ3) is 6.05. The van der Waals surface area contributed by atoms with E-state index in [4.69, 9.17) is 0 Å². The number of aliphatic imine (C=N–C) groups is 1. The molecule has 6 heteroatoms. The van der Waals surface area contributed by atoms with Crippen molar-refractivity contribution in [3.05, 3.63) is 35.0 Å². The highest BCUT2D eigenvalue weighted by Gasteiger charge is 2.05. The number of rotatable bonds is 6. The molecule has 0 fully saturated rings. The minimum absolute atomic E-state index is 0.00337. The molecule has 0 aliphatic carbocycles. The van der Waals surface area contributed by atoms with Gasteiger partial charge in [-0.05, 0) is 22.4 Å². The van der Waals surface area contributed by atoms with Crippen molar-refractivity contribution in [3.8, 4) is 0 Å². The van der Waals surface area contributed by atoms with Crippen molar-refractivity contribution in [3.63, 3.8) is 0 Å².